The number of rotatable bonds is 6. The van der Waals surface area contributed by atoms with E-state index in [1.165, 1.54) is 24.1 Å². The number of aromatic hydroxyl groups is 1. The van der Waals surface area contributed by atoms with Crippen molar-refractivity contribution in [1.29, 1.82) is 0 Å². The Balaban J connectivity index is 1.84. The standard InChI is InChI=1S/C23H21ClN6O4/c1-12(18(14-8-25-13(2)26-9-14)16-6-4-5-7-17(16)24)21-29-19(20(31)23(33)30(21)3)22(32)28-15-10-27-34-11-15/h4-12,18,31H,1-3H3,(H,28,32)/t12-,18-/m0/s1. The number of hydrogen-bond acceptors (Lipinski definition) is 8. The fraction of sp³-hybridized carbons (Fsp3) is 0.217. The van der Waals surface area contributed by atoms with Gasteiger partial charge in [0.25, 0.3) is 11.5 Å². The smallest absolute Gasteiger partial charge is 0.296 e. The molecule has 0 aliphatic carbocycles. The van der Waals surface area contributed by atoms with Crippen LogP contribution in [0.5, 0.6) is 5.75 Å². The number of nitrogens with one attached hydrogen (secondary N) is 1. The molecule has 2 N–H and O–H groups in total. The van der Waals surface area contributed by atoms with Crippen LogP contribution in [0.1, 0.15) is 52.0 Å². The van der Waals surface area contributed by atoms with Crippen LogP contribution < -0.4 is 10.9 Å². The fourth-order valence-corrected chi connectivity index (χ4v) is 4.06. The van der Waals surface area contributed by atoms with E-state index in [1.54, 1.807) is 25.4 Å². The largest absolute Gasteiger partial charge is 0.501 e. The maximum atomic E-state index is 12.8. The minimum Gasteiger partial charge on any atom is -0.501 e. The quantitative estimate of drug-likeness (QED) is 0.428. The molecule has 174 valence electrons. The Morgan fingerprint density at radius 2 is 1.91 bits per heavy atom. The van der Waals surface area contributed by atoms with Crippen molar-refractivity contribution in [3.63, 3.8) is 0 Å². The third-order valence-electron chi connectivity index (χ3n) is 5.51. The summed E-state index contributed by atoms with van der Waals surface area (Å²) in [6.45, 7) is 3.64. The highest BCUT2D eigenvalue weighted by Gasteiger charge is 2.30. The lowest BCUT2D eigenvalue weighted by Gasteiger charge is -2.26. The maximum Gasteiger partial charge on any atom is 0.296 e. The van der Waals surface area contributed by atoms with Gasteiger partial charge in [0.1, 0.15) is 23.6 Å². The van der Waals surface area contributed by atoms with E-state index in [9.17, 15) is 14.7 Å². The molecule has 0 spiro atoms. The molecule has 3 aromatic heterocycles. The first kappa shape index (κ1) is 23.1. The number of benzene rings is 1. The maximum absolute atomic E-state index is 12.8. The molecule has 0 aliphatic heterocycles. The van der Waals surface area contributed by atoms with Crippen molar-refractivity contribution in [2.75, 3.05) is 5.32 Å². The van der Waals surface area contributed by atoms with E-state index in [0.29, 0.717) is 10.8 Å². The number of hydrogen-bond donors (Lipinski definition) is 2. The Morgan fingerprint density at radius 3 is 2.56 bits per heavy atom. The average molecular weight is 481 g/mol. The summed E-state index contributed by atoms with van der Waals surface area (Å²) in [5, 5.41) is 16.9. The first-order valence-corrected chi connectivity index (χ1v) is 10.7. The van der Waals surface area contributed by atoms with Gasteiger partial charge >= 0.3 is 0 Å². The topological polar surface area (TPSA) is 136 Å². The number of halogens is 1. The molecule has 1 aromatic carbocycles. The Kier molecular flexibility index (Phi) is 6.42. The van der Waals surface area contributed by atoms with Crippen molar-refractivity contribution in [3.8, 4) is 5.75 Å². The first-order valence-electron chi connectivity index (χ1n) is 10.3. The van der Waals surface area contributed by atoms with Gasteiger partial charge in [-0.1, -0.05) is 41.9 Å². The van der Waals surface area contributed by atoms with Crippen LogP contribution in [-0.4, -0.2) is 35.7 Å². The fourth-order valence-electron chi connectivity index (χ4n) is 3.81. The minimum atomic E-state index is -0.778. The molecule has 4 rings (SSSR count). The van der Waals surface area contributed by atoms with Crippen LogP contribution >= 0.6 is 11.6 Å². The molecule has 0 radical (unpaired) electrons. The van der Waals surface area contributed by atoms with Crippen molar-refractivity contribution in [1.82, 2.24) is 24.7 Å². The molecule has 11 heteroatoms. The van der Waals surface area contributed by atoms with Crippen LogP contribution in [0.4, 0.5) is 5.69 Å². The lowest BCUT2D eigenvalue weighted by Crippen LogP contribution is -2.29. The molecule has 0 saturated carbocycles. The Morgan fingerprint density at radius 1 is 1.21 bits per heavy atom. The van der Waals surface area contributed by atoms with Gasteiger partial charge in [-0.05, 0) is 24.1 Å². The number of aromatic nitrogens is 5. The van der Waals surface area contributed by atoms with E-state index in [4.69, 9.17) is 16.1 Å². The molecule has 3 heterocycles. The first-order chi connectivity index (χ1) is 16.3. The normalized spacial score (nSPS) is 12.8. The molecule has 34 heavy (non-hydrogen) atoms. The molecular weight excluding hydrogens is 460 g/mol. The number of anilines is 1. The summed E-state index contributed by atoms with van der Waals surface area (Å²) in [7, 11) is 1.48. The highest BCUT2D eigenvalue weighted by molar-refractivity contribution is 6.31. The van der Waals surface area contributed by atoms with Gasteiger partial charge in [-0.15, -0.1) is 0 Å². The second kappa shape index (κ2) is 9.44. The van der Waals surface area contributed by atoms with Crippen LogP contribution in [-0.2, 0) is 7.05 Å². The number of carbonyl (C=O) groups excluding carboxylic acids is 1. The zero-order chi connectivity index (χ0) is 24.4. The SMILES string of the molecule is Cc1ncc([C@@H](c2ccccc2Cl)[C@H](C)c2nc(C(=O)Nc3cnoc3)c(O)c(=O)n2C)cn1. The van der Waals surface area contributed by atoms with Crippen molar-refractivity contribution >= 4 is 23.2 Å². The number of aryl methyl sites for hydroxylation is 1. The van der Waals surface area contributed by atoms with Crippen LogP contribution in [0.15, 0.2) is 58.4 Å². The molecular formula is C23H21ClN6O4. The van der Waals surface area contributed by atoms with Gasteiger partial charge in [-0.3, -0.25) is 14.2 Å². The van der Waals surface area contributed by atoms with Gasteiger partial charge < -0.3 is 14.9 Å². The van der Waals surface area contributed by atoms with Crippen LogP contribution in [0, 0.1) is 6.92 Å². The summed E-state index contributed by atoms with van der Waals surface area (Å²) in [6, 6.07) is 7.33. The monoisotopic (exact) mass is 480 g/mol. The molecule has 0 saturated heterocycles. The van der Waals surface area contributed by atoms with E-state index in [-0.39, 0.29) is 11.5 Å². The van der Waals surface area contributed by atoms with Gasteiger partial charge in [0, 0.05) is 36.3 Å². The molecule has 10 nitrogen and oxygen atoms in total. The molecule has 2 atom stereocenters. The van der Waals surface area contributed by atoms with E-state index >= 15 is 0 Å². The molecule has 0 bridgehead atoms. The predicted molar refractivity (Wildman–Crippen MR) is 124 cm³/mol. The van der Waals surface area contributed by atoms with E-state index < -0.39 is 34.7 Å². The third-order valence-corrected chi connectivity index (χ3v) is 5.86. The third kappa shape index (κ3) is 4.40. The van der Waals surface area contributed by atoms with Crippen molar-refractivity contribution in [2.24, 2.45) is 7.05 Å². The predicted octanol–water partition coefficient (Wildman–Crippen LogP) is 3.41. The highest BCUT2D eigenvalue weighted by atomic mass is 35.5. The molecule has 4 aromatic rings. The summed E-state index contributed by atoms with van der Waals surface area (Å²) < 4.78 is 5.91. The van der Waals surface area contributed by atoms with Gasteiger partial charge in [-0.2, -0.15) is 0 Å². The summed E-state index contributed by atoms with van der Waals surface area (Å²) in [4.78, 5) is 38.6. The Hall–Kier alpha value is -4.05. The second-order valence-electron chi connectivity index (χ2n) is 7.75. The van der Waals surface area contributed by atoms with Gasteiger partial charge in [0.15, 0.2) is 5.69 Å². The van der Waals surface area contributed by atoms with Gasteiger partial charge in [0.2, 0.25) is 5.75 Å². The summed E-state index contributed by atoms with van der Waals surface area (Å²) >= 11 is 6.54. The second-order valence-corrected chi connectivity index (χ2v) is 8.16. The van der Waals surface area contributed by atoms with Crippen LogP contribution in [0.25, 0.3) is 0 Å². The van der Waals surface area contributed by atoms with Gasteiger partial charge in [-0.25, -0.2) is 15.0 Å². The Bertz CT molecular complexity index is 1390. The lowest BCUT2D eigenvalue weighted by atomic mass is 9.82. The zero-order valence-corrected chi connectivity index (χ0v) is 19.3. The molecule has 0 aliphatic rings. The molecule has 0 unspecified atom stereocenters. The zero-order valence-electron chi connectivity index (χ0n) is 18.6. The van der Waals surface area contributed by atoms with Crippen molar-refractivity contribution in [2.45, 2.75) is 25.7 Å². The summed E-state index contributed by atoms with van der Waals surface area (Å²) in [5.41, 5.74) is 0.618. The average Bonchev–Trinajstić information content (AvgIpc) is 3.33. The summed E-state index contributed by atoms with van der Waals surface area (Å²) in [5.74, 6) is -1.53. The van der Waals surface area contributed by atoms with Crippen LogP contribution in [0.2, 0.25) is 5.02 Å². The number of nitrogens with zero attached hydrogens (tertiary/aromatic N) is 5. The minimum absolute atomic E-state index is 0.257. The highest BCUT2D eigenvalue weighted by Crippen LogP contribution is 2.40. The number of carbonyl (C=O) groups is 1. The molecule has 1 amide bonds. The lowest BCUT2D eigenvalue weighted by molar-refractivity contribution is 0.101. The Labute approximate surface area is 199 Å². The van der Waals surface area contributed by atoms with E-state index in [0.717, 1.165) is 11.1 Å². The molecule has 0 fully saturated rings. The number of amides is 1. The van der Waals surface area contributed by atoms with Crippen molar-refractivity contribution < 1.29 is 14.4 Å². The van der Waals surface area contributed by atoms with Crippen LogP contribution in [0.3, 0.4) is 0 Å². The van der Waals surface area contributed by atoms with Crippen molar-refractivity contribution in [3.05, 3.63) is 93.0 Å². The summed E-state index contributed by atoms with van der Waals surface area (Å²) in [6.07, 6.45) is 5.89. The van der Waals surface area contributed by atoms with E-state index in [2.05, 4.69) is 25.4 Å². The van der Waals surface area contributed by atoms with E-state index in [1.807, 2.05) is 25.1 Å². The van der Waals surface area contributed by atoms with Gasteiger partial charge in [0.05, 0.1) is 6.20 Å².